The summed E-state index contributed by atoms with van der Waals surface area (Å²) in [5.74, 6) is 0. The van der Waals surface area contributed by atoms with Crippen LogP contribution in [0, 0.1) is 0 Å². The van der Waals surface area contributed by atoms with E-state index in [1.807, 2.05) is 81.1 Å². The first-order valence-electron chi connectivity index (χ1n) is 7.01. The summed E-state index contributed by atoms with van der Waals surface area (Å²) in [6, 6.07) is 20.6. The van der Waals surface area contributed by atoms with Gasteiger partial charge in [-0.05, 0) is 18.2 Å². The van der Waals surface area contributed by atoms with E-state index in [1.54, 1.807) is 0 Å². The Morgan fingerprint density at radius 1 is 0.810 bits per heavy atom. The van der Waals surface area contributed by atoms with Crippen molar-refractivity contribution in [1.82, 2.24) is 0 Å². The monoisotopic (exact) mass is 277 g/mol. The molecule has 0 N–H and O–H groups in total. The van der Waals surface area contributed by atoms with Gasteiger partial charge in [0.1, 0.15) is 7.05 Å². The van der Waals surface area contributed by atoms with E-state index in [4.69, 9.17) is 0 Å². The molecule has 0 fully saturated rings. The minimum atomic E-state index is 1.17. The molecule has 0 atom stereocenters. The predicted octanol–water partition coefficient (Wildman–Crippen LogP) is 4.24. The molecule has 0 saturated heterocycles. The number of nitrogens with zero attached hydrogens (tertiary/aromatic N) is 2. The second kappa shape index (κ2) is 7.85. The lowest BCUT2D eigenvalue weighted by Crippen LogP contribution is -2.06. The van der Waals surface area contributed by atoms with Gasteiger partial charge in [-0.1, -0.05) is 42.5 Å². The molecule has 106 valence electrons. The first-order chi connectivity index (χ1) is 10.3. The summed E-state index contributed by atoms with van der Waals surface area (Å²) in [7, 11) is 4.08. The van der Waals surface area contributed by atoms with Crippen molar-refractivity contribution in [2.45, 2.75) is 0 Å². The van der Waals surface area contributed by atoms with Crippen LogP contribution in [-0.4, -0.2) is 24.9 Å². The van der Waals surface area contributed by atoms with Gasteiger partial charge >= 0.3 is 0 Å². The Morgan fingerprint density at radius 3 is 2.10 bits per heavy atom. The summed E-state index contributed by atoms with van der Waals surface area (Å²) < 4.78 is 2.09. The van der Waals surface area contributed by atoms with Crippen LogP contribution >= 0.6 is 0 Å². The summed E-state index contributed by atoms with van der Waals surface area (Å²) in [5.41, 5.74) is 2.35. The fraction of sp³-hybridized carbons (Fsp3) is 0.105. The van der Waals surface area contributed by atoms with Crippen molar-refractivity contribution >= 4 is 17.6 Å². The maximum atomic E-state index is 2.09. The van der Waals surface area contributed by atoms with Crippen LogP contribution in [0.15, 0.2) is 85.1 Å². The fourth-order valence-corrected chi connectivity index (χ4v) is 1.92. The molecule has 0 aliphatic heterocycles. The quantitative estimate of drug-likeness (QED) is 0.450. The molecule has 2 aromatic carbocycles. The van der Waals surface area contributed by atoms with E-state index >= 15 is 0 Å². The second-order valence-electron chi connectivity index (χ2n) is 4.77. The number of hydrogen-bond donors (Lipinski definition) is 0. The molecular weight excluding hydrogens is 256 g/mol. The number of para-hydroxylation sites is 2. The zero-order chi connectivity index (χ0) is 14.9. The van der Waals surface area contributed by atoms with Crippen LogP contribution in [0.5, 0.6) is 0 Å². The maximum absolute atomic E-state index is 2.09. The lowest BCUT2D eigenvalue weighted by molar-refractivity contribution is -0.398. The zero-order valence-corrected chi connectivity index (χ0v) is 12.6. The molecule has 2 heteroatoms. The summed E-state index contributed by atoms with van der Waals surface area (Å²) in [6.07, 6.45) is 10.2. The summed E-state index contributed by atoms with van der Waals surface area (Å²) >= 11 is 0. The van der Waals surface area contributed by atoms with Crippen LogP contribution in [0.4, 0.5) is 11.4 Å². The van der Waals surface area contributed by atoms with Crippen LogP contribution in [0.1, 0.15) is 0 Å². The van der Waals surface area contributed by atoms with Crippen molar-refractivity contribution in [3.63, 3.8) is 0 Å². The minimum Gasteiger partial charge on any atom is -0.351 e. The van der Waals surface area contributed by atoms with Crippen molar-refractivity contribution in [2.75, 3.05) is 19.0 Å². The Kier molecular flexibility index (Phi) is 5.53. The molecule has 2 nitrogen and oxygen atoms in total. The van der Waals surface area contributed by atoms with E-state index in [9.17, 15) is 0 Å². The topological polar surface area (TPSA) is 6.25 Å². The Hall–Kier alpha value is -2.61. The predicted molar refractivity (Wildman–Crippen MR) is 91.5 cm³/mol. The van der Waals surface area contributed by atoms with E-state index in [1.165, 1.54) is 11.4 Å². The lowest BCUT2D eigenvalue weighted by atomic mass is 10.3. The van der Waals surface area contributed by atoms with Crippen LogP contribution in [0.3, 0.4) is 0 Å². The summed E-state index contributed by atoms with van der Waals surface area (Å²) in [4.78, 5) is 2.09. The van der Waals surface area contributed by atoms with Crippen molar-refractivity contribution in [2.24, 2.45) is 0 Å². The molecule has 0 aromatic heterocycles. The third-order valence-corrected chi connectivity index (χ3v) is 3.17. The molecule has 0 radical (unpaired) electrons. The van der Waals surface area contributed by atoms with Gasteiger partial charge in [0.25, 0.3) is 0 Å². The smallest absolute Gasteiger partial charge is 0.204 e. The van der Waals surface area contributed by atoms with Crippen LogP contribution in [0.25, 0.3) is 0 Å². The third kappa shape index (κ3) is 4.77. The molecule has 21 heavy (non-hydrogen) atoms. The average Bonchev–Trinajstić information content (AvgIpc) is 2.55. The second-order valence-corrected chi connectivity index (χ2v) is 4.77. The van der Waals surface area contributed by atoms with Crippen molar-refractivity contribution in [3.05, 3.63) is 85.1 Å². The van der Waals surface area contributed by atoms with E-state index in [0.717, 1.165) is 0 Å². The van der Waals surface area contributed by atoms with Gasteiger partial charge in [0.05, 0.1) is 0 Å². The van der Waals surface area contributed by atoms with Gasteiger partial charge in [-0.15, -0.1) is 0 Å². The van der Waals surface area contributed by atoms with Gasteiger partial charge in [-0.25, -0.2) is 4.58 Å². The summed E-state index contributed by atoms with van der Waals surface area (Å²) in [6.45, 7) is 0. The lowest BCUT2D eigenvalue weighted by Gasteiger charge is -2.12. The Morgan fingerprint density at radius 2 is 1.43 bits per heavy atom. The van der Waals surface area contributed by atoms with E-state index < -0.39 is 0 Å². The molecule has 0 aliphatic rings. The molecule has 0 spiro atoms. The Balaban J connectivity index is 1.92. The number of benzene rings is 2. The highest BCUT2D eigenvalue weighted by Crippen LogP contribution is 2.11. The normalized spacial score (nSPS) is 12.2. The number of rotatable bonds is 5. The molecule has 2 rings (SSSR count). The molecule has 0 aliphatic carbocycles. The van der Waals surface area contributed by atoms with Gasteiger partial charge in [-0.3, -0.25) is 0 Å². The van der Waals surface area contributed by atoms with E-state index in [2.05, 4.69) is 33.7 Å². The number of hydrogen-bond acceptors (Lipinski definition) is 1. The first kappa shape index (κ1) is 14.8. The van der Waals surface area contributed by atoms with Crippen molar-refractivity contribution in [3.8, 4) is 0 Å². The Bertz CT molecular complexity index is 625. The van der Waals surface area contributed by atoms with Gasteiger partial charge in [-0.2, -0.15) is 0 Å². The third-order valence-electron chi connectivity index (χ3n) is 3.17. The van der Waals surface area contributed by atoms with Gasteiger partial charge in [0.15, 0.2) is 6.21 Å². The summed E-state index contributed by atoms with van der Waals surface area (Å²) in [5, 5.41) is 0. The number of anilines is 1. The molecule has 0 saturated carbocycles. The number of allylic oxidation sites excluding steroid dienone is 3. The van der Waals surface area contributed by atoms with Crippen LogP contribution < -0.4 is 4.90 Å². The fourth-order valence-electron chi connectivity index (χ4n) is 1.92. The molecule has 0 amide bonds. The van der Waals surface area contributed by atoms with Crippen LogP contribution in [0.2, 0.25) is 0 Å². The van der Waals surface area contributed by atoms with Crippen molar-refractivity contribution in [1.29, 1.82) is 0 Å². The molecule has 0 unspecified atom stereocenters. The average molecular weight is 277 g/mol. The highest BCUT2D eigenvalue weighted by molar-refractivity contribution is 5.68. The van der Waals surface area contributed by atoms with Crippen LogP contribution in [-0.2, 0) is 0 Å². The molecular formula is C19H21N2+. The largest absolute Gasteiger partial charge is 0.351 e. The zero-order valence-electron chi connectivity index (χ0n) is 12.6. The Labute approximate surface area is 127 Å². The standard InChI is InChI=1S/C19H21N2/c1-20(18-12-6-3-7-13-18)16-10-5-11-17-21(2)19-14-8-4-9-15-19/h3-17H,1-2H3/q+1. The highest BCUT2D eigenvalue weighted by atomic mass is 15.1. The maximum Gasteiger partial charge on any atom is 0.204 e. The van der Waals surface area contributed by atoms with Gasteiger partial charge in [0, 0.05) is 37.1 Å². The SMILES string of the molecule is CN(/C=C/C=C/C=[N+](C)c1ccccc1)c1ccccc1. The minimum absolute atomic E-state index is 1.17. The van der Waals surface area contributed by atoms with Crippen molar-refractivity contribution < 1.29 is 4.58 Å². The van der Waals surface area contributed by atoms with Gasteiger partial charge in [0.2, 0.25) is 5.69 Å². The molecule has 0 bridgehead atoms. The molecule has 0 heterocycles. The first-order valence-corrected chi connectivity index (χ1v) is 7.01. The van der Waals surface area contributed by atoms with Gasteiger partial charge < -0.3 is 4.90 Å². The van der Waals surface area contributed by atoms with E-state index in [-0.39, 0.29) is 0 Å². The molecule has 2 aromatic rings. The highest BCUT2D eigenvalue weighted by Gasteiger charge is 1.97. The van der Waals surface area contributed by atoms with E-state index in [0.29, 0.717) is 0 Å².